The lowest BCUT2D eigenvalue weighted by atomic mass is 9.88. The molecule has 1 saturated carbocycles. The van der Waals surface area contributed by atoms with Crippen molar-refractivity contribution in [1.82, 2.24) is 4.98 Å². The molecule has 0 radical (unpaired) electrons. The molecule has 22 heavy (non-hydrogen) atoms. The third-order valence-corrected chi connectivity index (χ3v) is 4.31. The maximum absolute atomic E-state index is 12.1. The van der Waals surface area contributed by atoms with E-state index in [1.807, 2.05) is 24.4 Å². The van der Waals surface area contributed by atoms with Crippen LogP contribution in [0, 0.1) is 5.92 Å². The van der Waals surface area contributed by atoms with Crippen molar-refractivity contribution < 1.29 is 19.1 Å². The van der Waals surface area contributed by atoms with Gasteiger partial charge in [-0.15, -0.1) is 0 Å². The van der Waals surface area contributed by atoms with Gasteiger partial charge in [0.05, 0.1) is 13.7 Å². The summed E-state index contributed by atoms with van der Waals surface area (Å²) >= 11 is 0. The van der Waals surface area contributed by atoms with Crippen molar-refractivity contribution in [2.75, 3.05) is 13.7 Å². The summed E-state index contributed by atoms with van der Waals surface area (Å²) < 4.78 is 10.4. The van der Waals surface area contributed by atoms with Gasteiger partial charge in [-0.25, -0.2) is 0 Å². The maximum atomic E-state index is 12.1. The number of Topliss-reactive ketones (excluding diaryl/α,β-unsaturated/α-hetero) is 1. The Labute approximate surface area is 128 Å². The van der Waals surface area contributed by atoms with Gasteiger partial charge in [0.1, 0.15) is 17.5 Å². The second-order valence-corrected chi connectivity index (χ2v) is 5.50. The summed E-state index contributed by atoms with van der Waals surface area (Å²) in [5.41, 5.74) is 1.95. The lowest BCUT2D eigenvalue weighted by Crippen LogP contribution is -2.26. The van der Waals surface area contributed by atoms with Gasteiger partial charge < -0.3 is 14.5 Å². The molecule has 1 aromatic heterocycles. The molecule has 0 aliphatic heterocycles. The van der Waals surface area contributed by atoms with Gasteiger partial charge in [0.15, 0.2) is 0 Å². The molecule has 1 N–H and O–H groups in total. The zero-order valence-corrected chi connectivity index (χ0v) is 12.7. The second kappa shape index (κ2) is 5.83. The molecule has 1 fully saturated rings. The zero-order chi connectivity index (χ0) is 15.7. The molecule has 5 nitrogen and oxygen atoms in total. The third kappa shape index (κ3) is 2.36. The van der Waals surface area contributed by atoms with E-state index in [0.29, 0.717) is 12.8 Å². The first-order valence-electron chi connectivity index (χ1n) is 7.50. The summed E-state index contributed by atoms with van der Waals surface area (Å²) in [5.74, 6) is -0.504. The van der Waals surface area contributed by atoms with Gasteiger partial charge in [-0.05, 0) is 37.1 Å². The highest BCUT2D eigenvalue weighted by Crippen LogP contribution is 2.41. The number of esters is 1. The van der Waals surface area contributed by atoms with E-state index in [1.165, 1.54) is 0 Å². The Balaban J connectivity index is 2.02. The fourth-order valence-electron chi connectivity index (χ4n) is 3.26. The van der Waals surface area contributed by atoms with Gasteiger partial charge in [-0.3, -0.25) is 9.59 Å². The number of aromatic amines is 1. The normalized spacial score (nSPS) is 21.3. The molecular formula is C17H19NO4. The van der Waals surface area contributed by atoms with Crippen LogP contribution in [0.25, 0.3) is 10.9 Å². The molecule has 2 aromatic rings. The Morgan fingerprint density at radius 3 is 2.95 bits per heavy atom. The highest BCUT2D eigenvalue weighted by Gasteiger charge is 2.42. The average molecular weight is 301 g/mol. The minimum Gasteiger partial charge on any atom is -0.497 e. The summed E-state index contributed by atoms with van der Waals surface area (Å²) in [6.07, 6.45) is 2.98. The van der Waals surface area contributed by atoms with Crippen molar-refractivity contribution in [1.29, 1.82) is 0 Å². The Kier molecular flexibility index (Phi) is 3.88. The fourth-order valence-corrected chi connectivity index (χ4v) is 3.26. The number of hydrogen-bond acceptors (Lipinski definition) is 4. The van der Waals surface area contributed by atoms with Crippen molar-refractivity contribution in [3.63, 3.8) is 0 Å². The van der Waals surface area contributed by atoms with E-state index < -0.39 is 11.9 Å². The van der Waals surface area contributed by atoms with Gasteiger partial charge in [0, 0.05) is 29.4 Å². The molecular weight excluding hydrogens is 282 g/mol. The molecule has 3 rings (SSSR count). The quantitative estimate of drug-likeness (QED) is 0.696. The minimum absolute atomic E-state index is 0.0271. The van der Waals surface area contributed by atoms with Gasteiger partial charge in [-0.2, -0.15) is 0 Å². The molecule has 1 unspecified atom stereocenters. The number of nitrogens with one attached hydrogen (secondary N) is 1. The number of carbonyl (C=O) groups excluding carboxylic acids is 2. The van der Waals surface area contributed by atoms with E-state index >= 15 is 0 Å². The van der Waals surface area contributed by atoms with Crippen LogP contribution >= 0.6 is 0 Å². The van der Waals surface area contributed by atoms with E-state index in [2.05, 4.69) is 4.98 Å². The van der Waals surface area contributed by atoms with Crippen LogP contribution < -0.4 is 4.74 Å². The van der Waals surface area contributed by atoms with Crippen molar-refractivity contribution >= 4 is 22.7 Å². The van der Waals surface area contributed by atoms with Gasteiger partial charge in [0.2, 0.25) is 0 Å². The summed E-state index contributed by atoms with van der Waals surface area (Å²) in [6, 6.07) is 5.76. The number of fused-ring (bicyclic) bond motifs is 1. The van der Waals surface area contributed by atoms with Gasteiger partial charge in [-0.1, -0.05) is 0 Å². The zero-order valence-electron chi connectivity index (χ0n) is 12.7. The van der Waals surface area contributed by atoms with Crippen molar-refractivity contribution in [2.45, 2.75) is 25.7 Å². The number of ether oxygens (including phenoxy) is 2. The first-order valence-corrected chi connectivity index (χ1v) is 7.50. The number of carbonyl (C=O) groups is 2. The Bertz CT molecular complexity index is 719. The Hall–Kier alpha value is -2.30. The number of methoxy groups -OCH3 is 1. The molecule has 1 heterocycles. The predicted octanol–water partition coefficient (Wildman–Crippen LogP) is 2.80. The molecule has 1 aliphatic carbocycles. The van der Waals surface area contributed by atoms with Crippen LogP contribution in [0.3, 0.4) is 0 Å². The maximum Gasteiger partial charge on any atom is 0.317 e. The lowest BCUT2D eigenvalue weighted by Gasteiger charge is -2.16. The van der Waals surface area contributed by atoms with E-state index in [0.717, 1.165) is 22.2 Å². The minimum atomic E-state index is -0.690. The summed E-state index contributed by atoms with van der Waals surface area (Å²) in [4.78, 5) is 27.5. The second-order valence-electron chi connectivity index (χ2n) is 5.50. The SMILES string of the molecule is CCOC(=O)[C@H]1C(=O)CCC1c1c[nH]c2ccc(OC)cc12. The molecule has 1 aliphatic rings. The van der Waals surface area contributed by atoms with Crippen LogP contribution in [0.4, 0.5) is 0 Å². The average Bonchev–Trinajstić information content (AvgIpc) is 3.09. The van der Waals surface area contributed by atoms with Crippen molar-refractivity contribution in [2.24, 2.45) is 5.92 Å². The molecule has 116 valence electrons. The van der Waals surface area contributed by atoms with Crippen molar-refractivity contribution in [3.05, 3.63) is 30.0 Å². The molecule has 5 heteroatoms. The Morgan fingerprint density at radius 1 is 1.41 bits per heavy atom. The van der Waals surface area contributed by atoms with Crippen molar-refractivity contribution in [3.8, 4) is 5.75 Å². The number of hydrogen-bond donors (Lipinski definition) is 1. The highest BCUT2D eigenvalue weighted by atomic mass is 16.5. The fraction of sp³-hybridized carbons (Fsp3) is 0.412. The molecule has 2 atom stereocenters. The molecule has 1 aromatic carbocycles. The summed E-state index contributed by atoms with van der Waals surface area (Å²) in [7, 11) is 1.62. The number of aromatic nitrogens is 1. The smallest absolute Gasteiger partial charge is 0.317 e. The predicted molar refractivity (Wildman–Crippen MR) is 82.0 cm³/mol. The van der Waals surface area contributed by atoms with Crippen LogP contribution in [-0.4, -0.2) is 30.5 Å². The van der Waals surface area contributed by atoms with Crippen LogP contribution in [0.15, 0.2) is 24.4 Å². The third-order valence-electron chi connectivity index (χ3n) is 4.31. The number of ketones is 1. The van der Waals surface area contributed by atoms with Crippen LogP contribution in [0.1, 0.15) is 31.2 Å². The molecule has 0 spiro atoms. The number of benzene rings is 1. The van der Waals surface area contributed by atoms with Crippen LogP contribution in [-0.2, 0) is 14.3 Å². The van der Waals surface area contributed by atoms with E-state index in [-0.39, 0.29) is 18.3 Å². The van der Waals surface area contributed by atoms with Crippen LogP contribution in [0.5, 0.6) is 5.75 Å². The first-order chi connectivity index (χ1) is 10.7. The largest absolute Gasteiger partial charge is 0.497 e. The monoisotopic (exact) mass is 301 g/mol. The first kappa shape index (κ1) is 14.6. The molecule has 0 bridgehead atoms. The number of H-pyrrole nitrogens is 1. The molecule has 0 saturated heterocycles. The number of rotatable bonds is 4. The summed E-state index contributed by atoms with van der Waals surface area (Å²) in [6.45, 7) is 2.04. The van der Waals surface area contributed by atoms with Crippen LogP contribution in [0.2, 0.25) is 0 Å². The van der Waals surface area contributed by atoms with Gasteiger partial charge in [0.25, 0.3) is 0 Å². The van der Waals surface area contributed by atoms with Gasteiger partial charge >= 0.3 is 5.97 Å². The topological polar surface area (TPSA) is 68.4 Å². The lowest BCUT2D eigenvalue weighted by molar-refractivity contribution is -0.151. The molecule has 0 amide bonds. The summed E-state index contributed by atoms with van der Waals surface area (Å²) in [5, 5.41) is 0.994. The highest BCUT2D eigenvalue weighted by molar-refractivity contribution is 6.02. The Morgan fingerprint density at radius 2 is 2.23 bits per heavy atom. The van der Waals surface area contributed by atoms with E-state index in [9.17, 15) is 9.59 Å². The standard InChI is InChI=1S/C17H19NO4/c1-3-22-17(20)16-11(5-7-15(16)19)13-9-18-14-6-4-10(21-2)8-12(13)14/h4,6,8-9,11,16,18H,3,5,7H2,1-2H3/t11?,16-/m1/s1. The van der Waals surface area contributed by atoms with E-state index in [4.69, 9.17) is 9.47 Å². The van der Waals surface area contributed by atoms with E-state index in [1.54, 1.807) is 14.0 Å².